The molecule has 0 radical (unpaired) electrons. The number of carbonyl (C=O) groups is 2. The van der Waals surface area contributed by atoms with Crippen molar-refractivity contribution in [2.45, 2.75) is 24.9 Å². The first-order valence-corrected chi connectivity index (χ1v) is 9.69. The van der Waals surface area contributed by atoms with E-state index in [0.29, 0.717) is 43.7 Å². The van der Waals surface area contributed by atoms with Crippen LogP contribution in [0.3, 0.4) is 0 Å². The van der Waals surface area contributed by atoms with Crippen LogP contribution in [0.25, 0.3) is 10.8 Å². The Balaban J connectivity index is 1.35. The predicted octanol–water partition coefficient (Wildman–Crippen LogP) is 4.02. The second-order valence-corrected chi connectivity index (χ2v) is 7.76. The van der Waals surface area contributed by atoms with Crippen molar-refractivity contribution in [3.05, 3.63) is 77.9 Å². The molecule has 1 fully saturated rings. The number of benzene rings is 3. The summed E-state index contributed by atoms with van der Waals surface area (Å²) in [6, 6.07) is 21.6. The average Bonchev–Trinajstić information content (AvgIpc) is 3.11. The summed E-state index contributed by atoms with van der Waals surface area (Å²) < 4.78 is 6.24. The maximum atomic E-state index is 13.0. The van der Waals surface area contributed by atoms with Crippen LogP contribution in [0.5, 0.6) is 5.75 Å². The van der Waals surface area contributed by atoms with Gasteiger partial charge >= 0.3 is 0 Å². The van der Waals surface area contributed by atoms with Gasteiger partial charge in [-0.3, -0.25) is 9.59 Å². The molecule has 0 aromatic heterocycles. The van der Waals surface area contributed by atoms with Crippen molar-refractivity contribution in [1.82, 2.24) is 4.90 Å². The van der Waals surface area contributed by atoms with Crippen molar-refractivity contribution in [1.29, 1.82) is 0 Å². The van der Waals surface area contributed by atoms with Gasteiger partial charge in [-0.1, -0.05) is 54.6 Å². The van der Waals surface area contributed by atoms with E-state index in [1.807, 2.05) is 53.4 Å². The normalized spacial score (nSPS) is 21.0. The molecule has 3 aromatic carbocycles. The summed E-state index contributed by atoms with van der Waals surface area (Å²) in [7, 11) is 0. The predicted molar refractivity (Wildman–Crippen MR) is 108 cm³/mol. The molecule has 0 aliphatic carbocycles. The number of hydrogen-bond acceptors (Lipinski definition) is 3. The molecule has 0 N–H and O–H groups in total. The molecule has 0 bridgehead atoms. The van der Waals surface area contributed by atoms with Crippen molar-refractivity contribution < 1.29 is 14.3 Å². The SMILES string of the molecule is O=C1CC2(CCN(C(=O)Cc3cccc4ccccc34)C2)Oc2ccccc21. The topological polar surface area (TPSA) is 46.6 Å². The first kappa shape index (κ1) is 17.0. The summed E-state index contributed by atoms with van der Waals surface area (Å²) in [6.07, 6.45) is 1.39. The van der Waals surface area contributed by atoms with E-state index in [4.69, 9.17) is 4.74 Å². The molecule has 5 rings (SSSR count). The van der Waals surface area contributed by atoms with Crippen LogP contribution in [-0.4, -0.2) is 35.3 Å². The molecule has 1 amide bonds. The molecule has 4 nitrogen and oxygen atoms in total. The molecule has 28 heavy (non-hydrogen) atoms. The van der Waals surface area contributed by atoms with Gasteiger partial charge in [0.15, 0.2) is 5.78 Å². The van der Waals surface area contributed by atoms with Crippen LogP contribution in [0.4, 0.5) is 0 Å². The van der Waals surface area contributed by atoms with E-state index in [-0.39, 0.29) is 11.7 Å². The first-order chi connectivity index (χ1) is 13.6. The van der Waals surface area contributed by atoms with Crippen LogP contribution in [0.1, 0.15) is 28.8 Å². The highest BCUT2D eigenvalue weighted by molar-refractivity contribution is 6.00. The molecule has 140 valence electrons. The van der Waals surface area contributed by atoms with Crippen molar-refractivity contribution in [3.8, 4) is 5.75 Å². The first-order valence-electron chi connectivity index (χ1n) is 9.69. The van der Waals surface area contributed by atoms with Crippen molar-refractivity contribution in [2.75, 3.05) is 13.1 Å². The number of para-hydroxylation sites is 1. The molecule has 1 spiro atoms. The van der Waals surface area contributed by atoms with Crippen LogP contribution in [-0.2, 0) is 11.2 Å². The molecule has 2 heterocycles. The van der Waals surface area contributed by atoms with E-state index < -0.39 is 5.60 Å². The number of rotatable bonds is 2. The Hall–Kier alpha value is -3.14. The van der Waals surface area contributed by atoms with Crippen molar-refractivity contribution in [3.63, 3.8) is 0 Å². The van der Waals surface area contributed by atoms with Gasteiger partial charge in [-0.15, -0.1) is 0 Å². The smallest absolute Gasteiger partial charge is 0.227 e. The Bertz CT molecular complexity index is 1080. The minimum atomic E-state index is -0.583. The maximum absolute atomic E-state index is 13.0. The fraction of sp³-hybridized carbons (Fsp3) is 0.250. The van der Waals surface area contributed by atoms with Crippen LogP contribution in [0.2, 0.25) is 0 Å². The maximum Gasteiger partial charge on any atom is 0.227 e. The molecule has 0 saturated carbocycles. The molecule has 1 atom stereocenters. The zero-order chi connectivity index (χ0) is 19.1. The zero-order valence-electron chi connectivity index (χ0n) is 15.6. The van der Waals surface area contributed by atoms with Crippen LogP contribution in [0.15, 0.2) is 66.7 Å². The summed E-state index contributed by atoms with van der Waals surface area (Å²) in [5, 5.41) is 2.26. The standard InChI is InChI=1S/C24H21NO3/c26-21-15-24(28-22-11-4-3-10-20(21)22)12-13-25(16-24)23(27)14-18-8-5-7-17-6-1-2-9-19(17)18/h1-11H,12-16H2. The Labute approximate surface area is 163 Å². The summed E-state index contributed by atoms with van der Waals surface area (Å²) in [5.41, 5.74) is 1.10. The van der Waals surface area contributed by atoms with Gasteiger partial charge < -0.3 is 9.64 Å². The molecular weight excluding hydrogens is 350 g/mol. The van der Waals surface area contributed by atoms with E-state index in [1.165, 1.54) is 0 Å². The molecule has 1 saturated heterocycles. The monoisotopic (exact) mass is 371 g/mol. The highest BCUT2D eigenvalue weighted by atomic mass is 16.5. The zero-order valence-corrected chi connectivity index (χ0v) is 15.6. The highest BCUT2D eigenvalue weighted by Crippen LogP contribution is 2.38. The van der Waals surface area contributed by atoms with Gasteiger partial charge in [0.05, 0.1) is 24.9 Å². The third-order valence-electron chi connectivity index (χ3n) is 5.89. The number of amides is 1. The Kier molecular flexibility index (Phi) is 3.93. The van der Waals surface area contributed by atoms with Gasteiger partial charge in [0.2, 0.25) is 5.91 Å². The number of fused-ring (bicyclic) bond motifs is 2. The van der Waals surface area contributed by atoms with Crippen LogP contribution in [0, 0.1) is 0 Å². The fourth-order valence-corrected chi connectivity index (χ4v) is 4.45. The van der Waals surface area contributed by atoms with Gasteiger partial charge in [-0.25, -0.2) is 0 Å². The Morgan fingerprint density at radius 2 is 1.79 bits per heavy atom. The number of ketones is 1. The van der Waals surface area contributed by atoms with Crippen molar-refractivity contribution in [2.24, 2.45) is 0 Å². The lowest BCUT2D eigenvalue weighted by Crippen LogP contribution is -2.45. The van der Waals surface area contributed by atoms with Gasteiger partial charge in [-0.05, 0) is 28.5 Å². The summed E-state index contributed by atoms with van der Waals surface area (Å²) in [6.45, 7) is 1.09. The van der Waals surface area contributed by atoms with Gasteiger partial charge in [0, 0.05) is 13.0 Å². The minimum Gasteiger partial charge on any atom is -0.484 e. The molecular formula is C24H21NO3. The number of carbonyl (C=O) groups excluding carboxylic acids is 2. The van der Waals surface area contributed by atoms with Gasteiger partial charge in [0.1, 0.15) is 11.4 Å². The summed E-state index contributed by atoms with van der Waals surface area (Å²) in [5.74, 6) is 0.829. The largest absolute Gasteiger partial charge is 0.484 e. The lowest BCUT2D eigenvalue weighted by atomic mass is 9.89. The molecule has 3 aromatic rings. The Morgan fingerprint density at radius 1 is 1.00 bits per heavy atom. The Morgan fingerprint density at radius 3 is 2.71 bits per heavy atom. The van der Waals surface area contributed by atoms with E-state index in [9.17, 15) is 9.59 Å². The third kappa shape index (κ3) is 2.85. The van der Waals surface area contributed by atoms with Crippen LogP contribution < -0.4 is 4.74 Å². The second-order valence-electron chi connectivity index (χ2n) is 7.76. The molecule has 2 aliphatic heterocycles. The second kappa shape index (κ2) is 6.48. The number of Topliss-reactive ketones (excluding diaryl/α,β-unsaturated/α-hetero) is 1. The quantitative estimate of drug-likeness (QED) is 0.684. The van der Waals surface area contributed by atoms with E-state index in [0.717, 1.165) is 16.3 Å². The summed E-state index contributed by atoms with van der Waals surface area (Å²) in [4.78, 5) is 27.4. The fourth-order valence-electron chi connectivity index (χ4n) is 4.45. The van der Waals surface area contributed by atoms with Crippen molar-refractivity contribution >= 4 is 22.5 Å². The minimum absolute atomic E-state index is 0.0862. The van der Waals surface area contributed by atoms with Gasteiger partial charge in [0.25, 0.3) is 0 Å². The number of nitrogens with zero attached hydrogens (tertiary/aromatic N) is 1. The third-order valence-corrected chi connectivity index (χ3v) is 5.89. The number of hydrogen-bond donors (Lipinski definition) is 0. The molecule has 2 aliphatic rings. The van der Waals surface area contributed by atoms with E-state index in [2.05, 4.69) is 18.2 Å². The number of ether oxygens (including phenoxy) is 1. The average molecular weight is 371 g/mol. The lowest BCUT2D eigenvalue weighted by molar-refractivity contribution is -0.130. The molecule has 1 unspecified atom stereocenters. The molecule has 4 heteroatoms. The van der Waals surface area contributed by atoms with Crippen LogP contribution >= 0.6 is 0 Å². The number of likely N-dealkylation sites (tertiary alicyclic amines) is 1. The summed E-state index contributed by atoms with van der Waals surface area (Å²) >= 11 is 0. The van der Waals surface area contributed by atoms with E-state index >= 15 is 0 Å². The van der Waals surface area contributed by atoms with E-state index in [1.54, 1.807) is 0 Å². The highest BCUT2D eigenvalue weighted by Gasteiger charge is 2.46. The van der Waals surface area contributed by atoms with Gasteiger partial charge in [-0.2, -0.15) is 0 Å². The lowest BCUT2D eigenvalue weighted by Gasteiger charge is -2.34.